The average molecular weight is 306 g/mol. The van der Waals surface area contributed by atoms with Crippen LogP contribution in [0.25, 0.3) is 0 Å². The summed E-state index contributed by atoms with van der Waals surface area (Å²) in [7, 11) is 0. The van der Waals surface area contributed by atoms with Crippen LogP contribution in [0.15, 0.2) is 18.3 Å². The Balaban J connectivity index is 2.15. The molecule has 1 rings (SSSR count). The fourth-order valence-corrected chi connectivity index (χ4v) is 1.33. The van der Waals surface area contributed by atoms with Crippen molar-refractivity contribution in [3.63, 3.8) is 0 Å². The van der Waals surface area contributed by atoms with Gasteiger partial charge in [-0.3, -0.25) is 0 Å². The minimum Gasteiger partial charge on any atom is -0.382 e. The molecular formula is C10H15IN2O. The number of aromatic nitrogens is 1. The minimum atomic E-state index is 0.793. The van der Waals surface area contributed by atoms with Crippen LogP contribution in [0.2, 0.25) is 0 Å². The van der Waals surface area contributed by atoms with E-state index in [1.54, 1.807) is 0 Å². The lowest BCUT2D eigenvalue weighted by Crippen LogP contribution is -2.06. The van der Waals surface area contributed by atoms with Gasteiger partial charge in [0.05, 0.1) is 0 Å². The van der Waals surface area contributed by atoms with Crippen molar-refractivity contribution in [3.8, 4) is 0 Å². The van der Waals surface area contributed by atoms with Gasteiger partial charge in [0.15, 0.2) is 0 Å². The number of nitrogens with one attached hydrogen (secondary N) is 1. The predicted octanol–water partition coefficient (Wildman–Crippen LogP) is 2.52. The molecule has 0 amide bonds. The van der Waals surface area contributed by atoms with Crippen molar-refractivity contribution in [2.45, 2.75) is 13.3 Å². The molecule has 1 N–H and O–H groups in total. The van der Waals surface area contributed by atoms with Crippen molar-refractivity contribution in [2.24, 2.45) is 0 Å². The monoisotopic (exact) mass is 306 g/mol. The van der Waals surface area contributed by atoms with E-state index in [0.717, 1.165) is 35.6 Å². The van der Waals surface area contributed by atoms with Crippen molar-refractivity contribution in [1.29, 1.82) is 0 Å². The lowest BCUT2D eigenvalue weighted by Gasteiger charge is -2.05. The van der Waals surface area contributed by atoms with Crippen LogP contribution in [0.5, 0.6) is 0 Å². The third kappa shape index (κ3) is 4.76. The Bertz CT molecular complexity index is 251. The maximum Gasteiger partial charge on any atom is 0.125 e. The van der Waals surface area contributed by atoms with Gasteiger partial charge in [0.25, 0.3) is 0 Å². The van der Waals surface area contributed by atoms with Crippen molar-refractivity contribution in [1.82, 2.24) is 4.98 Å². The van der Waals surface area contributed by atoms with Gasteiger partial charge in [-0.05, 0) is 48.1 Å². The molecule has 4 heteroatoms. The lowest BCUT2D eigenvalue weighted by molar-refractivity contribution is 0.147. The smallest absolute Gasteiger partial charge is 0.125 e. The fourth-order valence-electron chi connectivity index (χ4n) is 1.02. The Kier molecular flexibility index (Phi) is 5.86. The number of pyridine rings is 1. The quantitative estimate of drug-likeness (QED) is 0.648. The number of anilines is 1. The summed E-state index contributed by atoms with van der Waals surface area (Å²) >= 11 is 2.24. The van der Waals surface area contributed by atoms with E-state index in [0.29, 0.717) is 0 Å². The van der Waals surface area contributed by atoms with Gasteiger partial charge in [-0.25, -0.2) is 4.98 Å². The molecule has 0 saturated carbocycles. The molecule has 78 valence electrons. The highest BCUT2D eigenvalue weighted by Gasteiger charge is 1.92. The fraction of sp³-hybridized carbons (Fsp3) is 0.500. The standard InChI is InChI=1S/C10H15IN2O/c1-2-14-7-3-6-12-10-5-4-9(11)8-13-10/h4-5,8H,2-3,6-7H2,1H3,(H,12,13). The molecule has 0 bridgehead atoms. The molecule has 0 aliphatic heterocycles. The Morgan fingerprint density at radius 1 is 1.50 bits per heavy atom. The second-order valence-electron chi connectivity index (χ2n) is 2.84. The molecule has 0 radical (unpaired) electrons. The molecule has 0 aromatic carbocycles. The van der Waals surface area contributed by atoms with Gasteiger partial charge >= 0.3 is 0 Å². The minimum absolute atomic E-state index is 0.793. The van der Waals surface area contributed by atoms with E-state index < -0.39 is 0 Å². The van der Waals surface area contributed by atoms with E-state index in [9.17, 15) is 0 Å². The molecule has 0 fully saturated rings. The Hall–Kier alpha value is -0.360. The third-order valence-electron chi connectivity index (χ3n) is 1.70. The van der Waals surface area contributed by atoms with Gasteiger partial charge in [-0.1, -0.05) is 0 Å². The van der Waals surface area contributed by atoms with Crippen LogP contribution in [0.4, 0.5) is 5.82 Å². The van der Waals surface area contributed by atoms with Crippen LogP contribution in [0.3, 0.4) is 0 Å². The molecule has 0 spiro atoms. The van der Waals surface area contributed by atoms with Gasteiger partial charge in [0.2, 0.25) is 0 Å². The molecule has 0 aliphatic rings. The maximum atomic E-state index is 5.23. The summed E-state index contributed by atoms with van der Waals surface area (Å²) in [4.78, 5) is 4.24. The number of hydrogen-bond donors (Lipinski definition) is 1. The van der Waals surface area contributed by atoms with Crippen LogP contribution in [-0.2, 0) is 4.74 Å². The van der Waals surface area contributed by atoms with Crippen molar-refractivity contribution in [2.75, 3.05) is 25.1 Å². The Morgan fingerprint density at radius 3 is 3.00 bits per heavy atom. The highest BCUT2D eigenvalue weighted by Crippen LogP contribution is 2.06. The molecule has 1 heterocycles. The zero-order chi connectivity index (χ0) is 10.2. The first-order valence-corrected chi connectivity index (χ1v) is 5.84. The summed E-state index contributed by atoms with van der Waals surface area (Å²) in [6.07, 6.45) is 2.87. The highest BCUT2D eigenvalue weighted by molar-refractivity contribution is 14.1. The molecule has 14 heavy (non-hydrogen) atoms. The zero-order valence-electron chi connectivity index (χ0n) is 8.29. The Morgan fingerprint density at radius 2 is 2.36 bits per heavy atom. The summed E-state index contributed by atoms with van der Waals surface area (Å²) in [6.45, 7) is 4.53. The second kappa shape index (κ2) is 7.00. The first kappa shape index (κ1) is 11.7. The maximum absolute atomic E-state index is 5.23. The summed E-state index contributed by atoms with van der Waals surface area (Å²) < 4.78 is 6.38. The molecule has 0 aliphatic carbocycles. The zero-order valence-corrected chi connectivity index (χ0v) is 10.5. The summed E-state index contributed by atoms with van der Waals surface area (Å²) in [5.74, 6) is 0.932. The van der Waals surface area contributed by atoms with Crippen molar-refractivity contribution >= 4 is 28.4 Å². The van der Waals surface area contributed by atoms with Crippen LogP contribution >= 0.6 is 22.6 Å². The molecule has 0 atom stereocenters. The number of nitrogens with zero attached hydrogens (tertiary/aromatic N) is 1. The number of rotatable bonds is 6. The number of hydrogen-bond acceptors (Lipinski definition) is 3. The first-order valence-electron chi connectivity index (χ1n) is 4.76. The van der Waals surface area contributed by atoms with Crippen molar-refractivity contribution in [3.05, 3.63) is 21.9 Å². The normalized spacial score (nSPS) is 10.1. The van der Waals surface area contributed by atoms with Crippen LogP contribution < -0.4 is 5.32 Å². The molecule has 1 aromatic heterocycles. The van der Waals surface area contributed by atoms with Gasteiger partial charge in [-0.2, -0.15) is 0 Å². The van der Waals surface area contributed by atoms with E-state index in [2.05, 4.69) is 32.9 Å². The molecule has 0 saturated heterocycles. The topological polar surface area (TPSA) is 34.1 Å². The van der Waals surface area contributed by atoms with Gasteiger partial charge in [0, 0.05) is 29.5 Å². The van der Waals surface area contributed by atoms with Crippen LogP contribution in [0.1, 0.15) is 13.3 Å². The summed E-state index contributed by atoms with van der Waals surface area (Å²) in [5, 5.41) is 3.24. The van der Waals surface area contributed by atoms with E-state index in [4.69, 9.17) is 4.74 Å². The Labute approximate surface area is 98.4 Å². The molecule has 3 nitrogen and oxygen atoms in total. The number of ether oxygens (including phenoxy) is 1. The summed E-state index contributed by atoms with van der Waals surface area (Å²) in [5.41, 5.74) is 0. The largest absolute Gasteiger partial charge is 0.382 e. The van der Waals surface area contributed by atoms with Gasteiger partial charge in [-0.15, -0.1) is 0 Å². The van der Waals surface area contributed by atoms with E-state index in [1.165, 1.54) is 0 Å². The molecule has 1 aromatic rings. The second-order valence-corrected chi connectivity index (χ2v) is 4.08. The average Bonchev–Trinajstić information content (AvgIpc) is 2.21. The van der Waals surface area contributed by atoms with Crippen molar-refractivity contribution < 1.29 is 4.74 Å². The molecule has 0 unspecified atom stereocenters. The van der Waals surface area contributed by atoms with Gasteiger partial charge < -0.3 is 10.1 Å². The summed E-state index contributed by atoms with van der Waals surface area (Å²) in [6, 6.07) is 4.03. The first-order chi connectivity index (χ1) is 6.83. The van der Waals surface area contributed by atoms with Crippen LogP contribution in [0, 0.1) is 3.57 Å². The highest BCUT2D eigenvalue weighted by atomic mass is 127. The van der Waals surface area contributed by atoms with E-state index in [1.807, 2.05) is 25.3 Å². The number of halogens is 1. The van der Waals surface area contributed by atoms with E-state index in [-0.39, 0.29) is 0 Å². The SMILES string of the molecule is CCOCCCNc1ccc(I)cn1. The van der Waals surface area contributed by atoms with E-state index >= 15 is 0 Å². The lowest BCUT2D eigenvalue weighted by atomic mass is 10.4. The molecular weight excluding hydrogens is 291 g/mol. The third-order valence-corrected chi connectivity index (χ3v) is 2.34. The predicted molar refractivity (Wildman–Crippen MR) is 66.6 cm³/mol. The van der Waals surface area contributed by atoms with Gasteiger partial charge in [0.1, 0.15) is 5.82 Å². The van der Waals surface area contributed by atoms with Crippen LogP contribution in [-0.4, -0.2) is 24.7 Å².